The molecule has 2 heterocycles. The smallest absolute Gasteiger partial charge is 0.239 e. The summed E-state index contributed by atoms with van der Waals surface area (Å²) < 4.78 is 51.7. The fourth-order valence-corrected chi connectivity index (χ4v) is 4.73. The molecule has 0 aliphatic carbocycles. The van der Waals surface area contributed by atoms with Gasteiger partial charge in [-0.3, -0.25) is 9.59 Å². The van der Waals surface area contributed by atoms with Crippen molar-refractivity contribution in [3.63, 3.8) is 0 Å². The van der Waals surface area contributed by atoms with Crippen molar-refractivity contribution in [2.75, 3.05) is 25.9 Å². The van der Waals surface area contributed by atoms with Gasteiger partial charge in [0.25, 0.3) is 0 Å². The van der Waals surface area contributed by atoms with Crippen LogP contribution in [0.2, 0.25) is 0 Å². The molecule has 2 amide bonds. The number of sulfonamides is 1. The maximum Gasteiger partial charge on any atom is 0.239 e. The average Bonchev–Trinajstić information content (AvgIpc) is 2.97. The van der Waals surface area contributed by atoms with Crippen LogP contribution in [0.5, 0.6) is 0 Å². The van der Waals surface area contributed by atoms with E-state index >= 15 is 0 Å². The Kier molecular flexibility index (Phi) is 5.99. The molecule has 154 valence electrons. The second-order valence-electron chi connectivity index (χ2n) is 7.33. The summed E-state index contributed by atoms with van der Waals surface area (Å²) >= 11 is 0. The number of carbonyl (C=O) groups excluding carboxylic acids is 2. The minimum atomic E-state index is -3.37. The molecule has 1 aromatic rings. The standard InChI is InChI=1S/C18H23F2N3O4S/c1-28(26,27)22-9-13-3-2-4-18(25)23(16(13)10-22)11-17(24)21-8-12-5-6-14(19)7-15(12)20/h5-7,13,16H,2-4,8-11H2,1H3,(H,21,24)/t13-,16+/m1/s1. The number of halogens is 2. The van der Waals surface area contributed by atoms with Crippen molar-refractivity contribution < 1.29 is 26.8 Å². The van der Waals surface area contributed by atoms with Crippen molar-refractivity contribution in [1.29, 1.82) is 0 Å². The summed E-state index contributed by atoms with van der Waals surface area (Å²) in [4.78, 5) is 26.3. The van der Waals surface area contributed by atoms with E-state index < -0.39 is 27.6 Å². The first kappa shape index (κ1) is 20.7. The number of nitrogens with zero attached hydrogens (tertiary/aromatic N) is 2. The Morgan fingerprint density at radius 2 is 2.04 bits per heavy atom. The van der Waals surface area contributed by atoms with Crippen LogP contribution in [0.1, 0.15) is 24.8 Å². The van der Waals surface area contributed by atoms with Gasteiger partial charge in [-0.15, -0.1) is 0 Å². The van der Waals surface area contributed by atoms with Crippen LogP contribution >= 0.6 is 0 Å². The van der Waals surface area contributed by atoms with E-state index in [4.69, 9.17) is 0 Å². The number of nitrogens with one attached hydrogen (secondary N) is 1. The summed E-state index contributed by atoms with van der Waals surface area (Å²) in [6, 6.07) is 2.74. The normalized spacial score (nSPS) is 23.4. The SMILES string of the molecule is CS(=O)(=O)N1C[C@H]2CCCC(=O)N(CC(=O)NCc3ccc(F)cc3F)[C@H]2C1. The Morgan fingerprint density at radius 1 is 1.29 bits per heavy atom. The lowest BCUT2D eigenvalue weighted by Gasteiger charge is -2.29. The maximum absolute atomic E-state index is 13.7. The highest BCUT2D eigenvalue weighted by molar-refractivity contribution is 7.88. The second kappa shape index (κ2) is 8.12. The molecular weight excluding hydrogens is 392 g/mol. The van der Waals surface area contributed by atoms with Crippen LogP contribution in [-0.4, -0.2) is 61.4 Å². The molecule has 0 unspecified atom stereocenters. The lowest BCUT2D eigenvalue weighted by molar-refractivity contribution is -0.138. The molecule has 2 atom stereocenters. The predicted octanol–water partition coefficient (Wildman–Crippen LogP) is 0.854. The third-order valence-electron chi connectivity index (χ3n) is 5.33. The second-order valence-corrected chi connectivity index (χ2v) is 9.32. The van der Waals surface area contributed by atoms with Gasteiger partial charge in [0.15, 0.2) is 0 Å². The first-order valence-corrected chi connectivity index (χ1v) is 10.9. The molecule has 28 heavy (non-hydrogen) atoms. The Bertz CT molecular complexity index is 878. The molecule has 1 aromatic carbocycles. The van der Waals surface area contributed by atoms with Gasteiger partial charge >= 0.3 is 0 Å². The highest BCUT2D eigenvalue weighted by Crippen LogP contribution is 2.31. The molecule has 0 saturated carbocycles. The maximum atomic E-state index is 13.7. The van der Waals surface area contributed by atoms with Gasteiger partial charge in [-0.25, -0.2) is 17.2 Å². The zero-order valence-corrected chi connectivity index (χ0v) is 16.3. The Hall–Kier alpha value is -2.07. The van der Waals surface area contributed by atoms with Crippen molar-refractivity contribution in [3.8, 4) is 0 Å². The van der Waals surface area contributed by atoms with Crippen molar-refractivity contribution in [1.82, 2.24) is 14.5 Å². The van der Waals surface area contributed by atoms with Gasteiger partial charge in [0.05, 0.1) is 18.8 Å². The quantitative estimate of drug-likeness (QED) is 0.773. The van der Waals surface area contributed by atoms with Crippen LogP contribution in [0.15, 0.2) is 18.2 Å². The van der Waals surface area contributed by atoms with Gasteiger partial charge in [-0.2, -0.15) is 4.31 Å². The van der Waals surface area contributed by atoms with Crippen LogP contribution in [0.25, 0.3) is 0 Å². The monoisotopic (exact) mass is 415 g/mol. The average molecular weight is 415 g/mol. The lowest BCUT2D eigenvalue weighted by Crippen LogP contribution is -2.48. The molecule has 3 rings (SSSR count). The minimum absolute atomic E-state index is 0.0106. The summed E-state index contributed by atoms with van der Waals surface area (Å²) in [7, 11) is -3.37. The number of hydrogen-bond donors (Lipinski definition) is 1. The van der Waals surface area contributed by atoms with Crippen LogP contribution in [0, 0.1) is 17.6 Å². The number of likely N-dealkylation sites (tertiary alicyclic amines) is 1. The van der Waals surface area contributed by atoms with E-state index in [0.29, 0.717) is 19.4 Å². The number of rotatable bonds is 5. The molecule has 2 aliphatic heterocycles. The van der Waals surface area contributed by atoms with E-state index in [1.54, 1.807) is 0 Å². The van der Waals surface area contributed by atoms with E-state index in [0.717, 1.165) is 24.8 Å². The summed E-state index contributed by atoms with van der Waals surface area (Å²) in [6.07, 6.45) is 2.82. The molecular formula is C18H23F2N3O4S. The number of carbonyl (C=O) groups is 2. The van der Waals surface area contributed by atoms with Crippen molar-refractivity contribution in [2.24, 2.45) is 5.92 Å². The van der Waals surface area contributed by atoms with Crippen molar-refractivity contribution in [3.05, 3.63) is 35.4 Å². The molecule has 10 heteroatoms. The van der Waals surface area contributed by atoms with Crippen LogP contribution in [-0.2, 0) is 26.2 Å². The largest absolute Gasteiger partial charge is 0.350 e. The molecule has 1 N–H and O–H groups in total. The van der Waals surface area contributed by atoms with Crippen LogP contribution in [0.4, 0.5) is 8.78 Å². The van der Waals surface area contributed by atoms with Gasteiger partial charge in [0, 0.05) is 37.7 Å². The van der Waals surface area contributed by atoms with E-state index in [9.17, 15) is 26.8 Å². The van der Waals surface area contributed by atoms with E-state index in [1.807, 2.05) is 0 Å². The fraction of sp³-hybridized carbons (Fsp3) is 0.556. The summed E-state index contributed by atoms with van der Waals surface area (Å²) in [5, 5.41) is 2.54. The fourth-order valence-electron chi connectivity index (χ4n) is 3.84. The number of hydrogen-bond acceptors (Lipinski definition) is 4. The van der Waals surface area contributed by atoms with Crippen molar-refractivity contribution in [2.45, 2.75) is 31.8 Å². The Balaban J connectivity index is 1.66. The lowest BCUT2D eigenvalue weighted by atomic mass is 9.98. The number of fused-ring (bicyclic) bond motifs is 1. The zero-order chi connectivity index (χ0) is 20.5. The Morgan fingerprint density at radius 3 is 2.71 bits per heavy atom. The van der Waals surface area contributed by atoms with Crippen molar-refractivity contribution >= 4 is 21.8 Å². The van der Waals surface area contributed by atoms with Crippen LogP contribution < -0.4 is 5.32 Å². The highest BCUT2D eigenvalue weighted by atomic mass is 32.2. The molecule has 7 nitrogen and oxygen atoms in total. The molecule has 2 saturated heterocycles. The molecule has 0 bridgehead atoms. The minimum Gasteiger partial charge on any atom is -0.350 e. The third-order valence-corrected chi connectivity index (χ3v) is 6.57. The van der Waals surface area contributed by atoms with Gasteiger partial charge in [0.2, 0.25) is 21.8 Å². The zero-order valence-electron chi connectivity index (χ0n) is 15.5. The van der Waals surface area contributed by atoms with E-state index in [1.165, 1.54) is 15.3 Å². The molecule has 2 fully saturated rings. The first-order chi connectivity index (χ1) is 13.1. The van der Waals surface area contributed by atoms with Crippen LogP contribution in [0.3, 0.4) is 0 Å². The van der Waals surface area contributed by atoms with Gasteiger partial charge < -0.3 is 10.2 Å². The summed E-state index contributed by atoms with van der Waals surface area (Å²) in [5.74, 6) is -2.14. The van der Waals surface area contributed by atoms with Gasteiger partial charge in [0.1, 0.15) is 11.6 Å². The molecule has 0 spiro atoms. The van der Waals surface area contributed by atoms with E-state index in [2.05, 4.69) is 5.32 Å². The van der Waals surface area contributed by atoms with Gasteiger partial charge in [-0.05, 0) is 24.8 Å². The molecule has 0 radical (unpaired) electrons. The summed E-state index contributed by atoms with van der Waals surface area (Å²) in [6.45, 7) is 0.168. The third kappa shape index (κ3) is 4.67. The molecule has 2 aliphatic rings. The summed E-state index contributed by atoms with van der Waals surface area (Å²) in [5.41, 5.74) is 0.138. The first-order valence-electron chi connectivity index (χ1n) is 9.10. The predicted molar refractivity (Wildman–Crippen MR) is 97.5 cm³/mol. The topological polar surface area (TPSA) is 86.8 Å². The Labute approximate surface area is 162 Å². The number of benzene rings is 1. The van der Waals surface area contributed by atoms with Gasteiger partial charge in [-0.1, -0.05) is 6.07 Å². The van der Waals surface area contributed by atoms with E-state index in [-0.39, 0.29) is 43.1 Å². The number of amides is 2. The highest BCUT2D eigenvalue weighted by Gasteiger charge is 2.43. The molecule has 0 aromatic heterocycles.